The molecular weight excluding hydrogens is 414 g/mol. The van der Waals surface area contributed by atoms with Crippen LogP contribution in [0.3, 0.4) is 0 Å². The molecule has 0 saturated heterocycles. The number of rotatable bonds is 8. The maximum Gasteiger partial charge on any atom is 0.279 e. The Hall–Kier alpha value is -2.92. The quantitative estimate of drug-likeness (QED) is 0.411. The van der Waals surface area contributed by atoms with Gasteiger partial charge in [-0.05, 0) is 25.0 Å². The molecule has 0 aliphatic heterocycles. The summed E-state index contributed by atoms with van der Waals surface area (Å²) in [4.78, 5) is 24.3. The van der Waals surface area contributed by atoms with E-state index in [0.29, 0.717) is 26.8 Å². The third-order valence-corrected chi connectivity index (χ3v) is 6.02. The molecule has 11 heteroatoms. The van der Waals surface area contributed by atoms with E-state index >= 15 is 0 Å². The van der Waals surface area contributed by atoms with Crippen LogP contribution < -0.4 is 15.4 Å². The average molecular weight is 431 g/mol. The monoisotopic (exact) mass is 431 g/mol. The van der Waals surface area contributed by atoms with Gasteiger partial charge in [0.2, 0.25) is 11.0 Å². The summed E-state index contributed by atoms with van der Waals surface area (Å²) in [6, 6.07) is 8.77. The van der Waals surface area contributed by atoms with Crippen molar-refractivity contribution in [1.82, 2.24) is 15.4 Å². The van der Waals surface area contributed by atoms with Gasteiger partial charge < -0.3 is 14.6 Å². The Labute approximate surface area is 174 Å². The number of carbonyl (C=O) groups is 2. The summed E-state index contributed by atoms with van der Waals surface area (Å²) in [6.45, 7) is 0. The number of aromatic nitrogens is 3. The van der Waals surface area contributed by atoms with E-state index in [-0.39, 0.29) is 17.4 Å². The second-order valence-corrected chi connectivity index (χ2v) is 8.48. The van der Waals surface area contributed by atoms with Gasteiger partial charge in [-0.25, -0.2) is 0 Å². The van der Waals surface area contributed by atoms with Crippen molar-refractivity contribution in [3.05, 3.63) is 41.8 Å². The highest BCUT2D eigenvalue weighted by atomic mass is 32.2. The Morgan fingerprint density at radius 1 is 1.28 bits per heavy atom. The molecule has 150 valence electrons. The number of anilines is 2. The van der Waals surface area contributed by atoms with Crippen molar-refractivity contribution in [1.29, 1.82) is 0 Å². The highest BCUT2D eigenvalue weighted by Crippen LogP contribution is 2.40. The zero-order valence-electron chi connectivity index (χ0n) is 15.4. The number of thioether (sulfide) groups is 1. The van der Waals surface area contributed by atoms with Crippen molar-refractivity contribution < 1.29 is 18.8 Å². The summed E-state index contributed by atoms with van der Waals surface area (Å²) in [5.41, 5.74) is 0.868. The minimum absolute atomic E-state index is 0.161. The molecule has 4 rings (SSSR count). The van der Waals surface area contributed by atoms with E-state index in [0.717, 1.165) is 18.6 Å². The Bertz CT molecular complexity index is 1030. The molecule has 2 heterocycles. The Morgan fingerprint density at radius 3 is 2.93 bits per heavy atom. The largest absolute Gasteiger partial charge is 0.497 e. The van der Waals surface area contributed by atoms with E-state index in [1.165, 1.54) is 23.1 Å². The van der Waals surface area contributed by atoms with Crippen molar-refractivity contribution in [2.45, 2.75) is 23.1 Å². The predicted octanol–water partition coefficient (Wildman–Crippen LogP) is 3.40. The van der Waals surface area contributed by atoms with Crippen molar-refractivity contribution in [3.8, 4) is 5.75 Å². The number of nitrogens with zero attached hydrogens (tertiary/aromatic N) is 3. The lowest BCUT2D eigenvalue weighted by molar-refractivity contribution is -0.113. The van der Waals surface area contributed by atoms with Crippen LogP contribution in [0.15, 0.2) is 39.2 Å². The first-order valence-electron chi connectivity index (χ1n) is 8.79. The highest BCUT2D eigenvalue weighted by molar-refractivity contribution is 8.01. The third kappa shape index (κ3) is 5.12. The number of nitrogens with one attached hydrogen (secondary N) is 2. The fourth-order valence-electron chi connectivity index (χ4n) is 2.46. The first-order chi connectivity index (χ1) is 14.1. The van der Waals surface area contributed by atoms with Gasteiger partial charge in [0.15, 0.2) is 10.0 Å². The van der Waals surface area contributed by atoms with Crippen molar-refractivity contribution >= 4 is 45.7 Å². The first kappa shape index (κ1) is 19.4. The van der Waals surface area contributed by atoms with Crippen LogP contribution >= 0.6 is 23.1 Å². The lowest BCUT2D eigenvalue weighted by Crippen LogP contribution is -2.13. The lowest BCUT2D eigenvalue weighted by atomic mass is 10.3. The molecule has 2 amide bonds. The summed E-state index contributed by atoms with van der Waals surface area (Å²) in [5.74, 6) is 1.37. The lowest BCUT2D eigenvalue weighted by Gasteiger charge is -2.06. The van der Waals surface area contributed by atoms with Gasteiger partial charge in [-0.2, -0.15) is 0 Å². The molecule has 2 N–H and O–H groups in total. The van der Waals surface area contributed by atoms with Gasteiger partial charge in [-0.15, -0.1) is 10.2 Å². The van der Waals surface area contributed by atoms with E-state index < -0.39 is 5.91 Å². The van der Waals surface area contributed by atoms with Crippen LogP contribution in [0.25, 0.3) is 0 Å². The fourth-order valence-corrected chi connectivity index (χ4v) is 4.01. The van der Waals surface area contributed by atoms with Crippen LogP contribution in [-0.2, 0) is 4.79 Å². The molecule has 0 radical (unpaired) electrons. The zero-order valence-corrected chi connectivity index (χ0v) is 17.0. The third-order valence-electron chi connectivity index (χ3n) is 4.05. The van der Waals surface area contributed by atoms with Crippen LogP contribution in [0.4, 0.5) is 10.8 Å². The average Bonchev–Trinajstić information content (AvgIpc) is 3.27. The molecule has 1 aromatic carbocycles. The molecule has 0 atom stereocenters. The smallest absolute Gasteiger partial charge is 0.279 e. The van der Waals surface area contributed by atoms with Gasteiger partial charge >= 0.3 is 0 Å². The number of benzene rings is 1. The molecule has 1 aliphatic rings. The van der Waals surface area contributed by atoms with Crippen LogP contribution in [-0.4, -0.2) is 40.0 Å². The van der Waals surface area contributed by atoms with Gasteiger partial charge in [0.1, 0.15) is 11.5 Å². The summed E-state index contributed by atoms with van der Waals surface area (Å²) in [5, 5.41) is 17.5. The minimum atomic E-state index is -0.399. The molecule has 1 fully saturated rings. The van der Waals surface area contributed by atoms with Crippen LogP contribution in [0.5, 0.6) is 5.75 Å². The second-order valence-electron chi connectivity index (χ2n) is 6.28. The molecule has 1 aliphatic carbocycles. The van der Waals surface area contributed by atoms with E-state index in [1.54, 1.807) is 37.4 Å². The number of hydrogen-bond acceptors (Lipinski definition) is 9. The second kappa shape index (κ2) is 8.62. The SMILES string of the molecule is COc1cccc(NC(=O)CSc2nnc(NC(=O)c3cc(C4CC4)on3)s2)c1. The Morgan fingerprint density at radius 2 is 2.14 bits per heavy atom. The maximum absolute atomic E-state index is 12.2. The molecule has 0 spiro atoms. The topological polar surface area (TPSA) is 119 Å². The summed E-state index contributed by atoms with van der Waals surface area (Å²) in [6.07, 6.45) is 2.14. The predicted molar refractivity (Wildman–Crippen MR) is 109 cm³/mol. The van der Waals surface area contributed by atoms with Gasteiger partial charge in [0, 0.05) is 23.7 Å². The molecule has 0 unspecified atom stereocenters. The van der Waals surface area contributed by atoms with Gasteiger partial charge in [-0.3, -0.25) is 14.9 Å². The fraction of sp³-hybridized carbons (Fsp3) is 0.278. The molecule has 1 saturated carbocycles. The Balaban J connectivity index is 1.27. The highest BCUT2D eigenvalue weighted by Gasteiger charge is 2.29. The molecule has 9 nitrogen and oxygen atoms in total. The number of ether oxygens (including phenoxy) is 1. The minimum Gasteiger partial charge on any atom is -0.497 e. The van der Waals surface area contributed by atoms with Gasteiger partial charge in [0.25, 0.3) is 5.91 Å². The van der Waals surface area contributed by atoms with Crippen LogP contribution in [0, 0.1) is 0 Å². The van der Waals surface area contributed by atoms with E-state index in [2.05, 4.69) is 26.0 Å². The molecule has 3 aromatic rings. The molecule has 0 bridgehead atoms. The van der Waals surface area contributed by atoms with Crippen molar-refractivity contribution in [2.24, 2.45) is 0 Å². The molecular formula is C18H17N5O4S2. The summed E-state index contributed by atoms with van der Waals surface area (Å²) in [7, 11) is 1.57. The van der Waals surface area contributed by atoms with E-state index in [1.807, 2.05) is 0 Å². The number of methoxy groups -OCH3 is 1. The van der Waals surface area contributed by atoms with Gasteiger partial charge in [0.05, 0.1) is 12.9 Å². The van der Waals surface area contributed by atoms with Crippen molar-refractivity contribution in [3.63, 3.8) is 0 Å². The first-order valence-corrected chi connectivity index (χ1v) is 10.6. The van der Waals surface area contributed by atoms with E-state index in [4.69, 9.17) is 9.26 Å². The molecule has 29 heavy (non-hydrogen) atoms. The van der Waals surface area contributed by atoms with Gasteiger partial charge in [-0.1, -0.05) is 34.3 Å². The maximum atomic E-state index is 12.2. The zero-order chi connectivity index (χ0) is 20.2. The standard InChI is InChI=1S/C18H17N5O4S2/c1-26-12-4-2-3-11(7-12)19-15(24)9-28-18-22-21-17(29-18)20-16(25)13-8-14(27-23-13)10-5-6-10/h2-4,7-8,10H,5-6,9H2,1H3,(H,19,24)(H,20,21,25). The van der Waals surface area contributed by atoms with Crippen LogP contribution in [0.2, 0.25) is 0 Å². The van der Waals surface area contributed by atoms with Crippen LogP contribution in [0.1, 0.15) is 35.0 Å². The normalized spacial score (nSPS) is 13.1. The Kier molecular flexibility index (Phi) is 5.76. The summed E-state index contributed by atoms with van der Waals surface area (Å²) < 4.78 is 10.9. The van der Waals surface area contributed by atoms with Crippen molar-refractivity contribution in [2.75, 3.05) is 23.5 Å². The van der Waals surface area contributed by atoms with E-state index in [9.17, 15) is 9.59 Å². The number of hydrogen-bond donors (Lipinski definition) is 2. The molecule has 2 aromatic heterocycles. The number of carbonyl (C=O) groups excluding carboxylic acids is 2. The number of amides is 2. The summed E-state index contributed by atoms with van der Waals surface area (Å²) >= 11 is 2.42.